The topological polar surface area (TPSA) is 66.9 Å². The van der Waals surface area contributed by atoms with E-state index in [1.54, 1.807) is 6.20 Å². The fraction of sp³-hybridized carbons (Fsp3) is 0.0625. The summed E-state index contributed by atoms with van der Waals surface area (Å²) in [7, 11) is 0. The lowest BCUT2D eigenvalue weighted by molar-refractivity contribution is -0.114. The molecule has 0 bridgehead atoms. The third-order valence-corrected chi connectivity index (χ3v) is 4.13. The van der Waals surface area contributed by atoms with Gasteiger partial charge in [0.05, 0.1) is 5.52 Å². The van der Waals surface area contributed by atoms with Crippen LogP contribution in [0, 0.1) is 3.57 Å². The largest absolute Gasteiger partial charge is 0.326 e. The molecule has 0 radical (unpaired) electrons. The van der Waals surface area contributed by atoms with Crippen molar-refractivity contribution >= 4 is 72.7 Å². The minimum absolute atomic E-state index is 0.106. The molecule has 0 aliphatic heterocycles. The van der Waals surface area contributed by atoms with Crippen molar-refractivity contribution in [2.24, 2.45) is 0 Å². The minimum Gasteiger partial charge on any atom is -0.326 e. The summed E-state index contributed by atoms with van der Waals surface area (Å²) in [5, 5.41) is 6.92. The van der Waals surface area contributed by atoms with E-state index in [0.29, 0.717) is 5.95 Å². The summed E-state index contributed by atoms with van der Waals surface area (Å²) >= 11 is 5.63. The molecule has 23 heavy (non-hydrogen) atoms. The Kier molecular flexibility index (Phi) is 4.76. The number of nitrogens with one attached hydrogen (secondary N) is 2. The lowest BCUT2D eigenvalue weighted by Crippen LogP contribution is -2.06. The van der Waals surface area contributed by atoms with Gasteiger partial charge in [-0.3, -0.25) is 4.79 Å². The van der Waals surface area contributed by atoms with Crippen LogP contribution in [0.4, 0.5) is 17.3 Å². The third kappa shape index (κ3) is 4.17. The van der Waals surface area contributed by atoms with Crippen molar-refractivity contribution in [3.05, 3.63) is 50.6 Å². The number of halogens is 2. The normalized spacial score (nSPS) is 10.6. The molecular formula is C16H12BrIN4O. The van der Waals surface area contributed by atoms with E-state index in [4.69, 9.17) is 0 Å². The Hall–Kier alpha value is -1.74. The second-order valence-corrected chi connectivity index (χ2v) is 7.09. The van der Waals surface area contributed by atoms with Crippen molar-refractivity contribution in [2.45, 2.75) is 6.92 Å². The second-order valence-electron chi connectivity index (χ2n) is 4.93. The Morgan fingerprint density at radius 3 is 2.74 bits per heavy atom. The van der Waals surface area contributed by atoms with Crippen LogP contribution in [0.2, 0.25) is 0 Å². The monoisotopic (exact) mass is 482 g/mol. The zero-order valence-corrected chi connectivity index (χ0v) is 15.8. The van der Waals surface area contributed by atoms with Gasteiger partial charge in [-0.1, -0.05) is 15.9 Å². The molecule has 3 rings (SSSR count). The first-order valence-electron chi connectivity index (χ1n) is 6.77. The maximum Gasteiger partial charge on any atom is 0.227 e. The van der Waals surface area contributed by atoms with Crippen LogP contribution in [0.15, 0.2) is 47.1 Å². The quantitative estimate of drug-likeness (QED) is 0.531. The standard InChI is InChI=1S/C16H12BrIN4O/c1-9(23)20-13-5-12(18)6-14(7-13)21-16-19-8-10-4-11(17)2-3-15(10)22-16/h2-8H,1H3,(H,20,23)(H,19,21,22). The van der Waals surface area contributed by atoms with Gasteiger partial charge in [0.15, 0.2) is 0 Å². The summed E-state index contributed by atoms with van der Waals surface area (Å²) in [6, 6.07) is 11.5. The average molecular weight is 483 g/mol. The van der Waals surface area contributed by atoms with Gasteiger partial charge in [0.25, 0.3) is 0 Å². The van der Waals surface area contributed by atoms with E-state index >= 15 is 0 Å². The van der Waals surface area contributed by atoms with E-state index < -0.39 is 0 Å². The number of amides is 1. The minimum atomic E-state index is -0.106. The highest BCUT2D eigenvalue weighted by Gasteiger charge is 2.05. The Balaban J connectivity index is 1.90. The van der Waals surface area contributed by atoms with Gasteiger partial charge in [-0.25, -0.2) is 9.97 Å². The molecule has 0 unspecified atom stereocenters. The summed E-state index contributed by atoms with van der Waals surface area (Å²) < 4.78 is 1.99. The van der Waals surface area contributed by atoms with Crippen molar-refractivity contribution < 1.29 is 4.79 Å². The van der Waals surface area contributed by atoms with Gasteiger partial charge in [0, 0.05) is 37.9 Å². The first-order valence-corrected chi connectivity index (χ1v) is 8.64. The van der Waals surface area contributed by atoms with Crippen molar-refractivity contribution in [1.82, 2.24) is 9.97 Å². The number of hydrogen-bond acceptors (Lipinski definition) is 4. The smallest absolute Gasteiger partial charge is 0.227 e. The van der Waals surface area contributed by atoms with Crippen LogP contribution in [-0.4, -0.2) is 15.9 Å². The number of nitrogens with zero attached hydrogens (tertiary/aromatic N) is 2. The molecule has 0 saturated heterocycles. The molecule has 5 nitrogen and oxygen atoms in total. The highest BCUT2D eigenvalue weighted by Crippen LogP contribution is 2.24. The van der Waals surface area contributed by atoms with Crippen molar-refractivity contribution in [1.29, 1.82) is 0 Å². The second kappa shape index (κ2) is 6.79. The maximum absolute atomic E-state index is 11.2. The van der Waals surface area contributed by atoms with Crippen molar-refractivity contribution in [2.75, 3.05) is 10.6 Å². The molecule has 3 aromatic rings. The molecule has 0 aliphatic rings. The van der Waals surface area contributed by atoms with Gasteiger partial charge in [0.1, 0.15) is 0 Å². The number of rotatable bonds is 3. The molecule has 1 heterocycles. The van der Waals surface area contributed by atoms with Gasteiger partial charge in [-0.05, 0) is 59.0 Å². The van der Waals surface area contributed by atoms with Crippen LogP contribution in [0.3, 0.4) is 0 Å². The molecule has 0 saturated carbocycles. The van der Waals surface area contributed by atoms with Crippen LogP contribution in [-0.2, 0) is 4.79 Å². The van der Waals surface area contributed by atoms with E-state index in [1.807, 2.05) is 36.4 Å². The lowest BCUT2D eigenvalue weighted by atomic mass is 10.2. The highest BCUT2D eigenvalue weighted by atomic mass is 127. The predicted molar refractivity (Wildman–Crippen MR) is 104 cm³/mol. The molecule has 0 spiro atoms. The average Bonchev–Trinajstić information content (AvgIpc) is 2.46. The Bertz CT molecular complexity index is 900. The Morgan fingerprint density at radius 2 is 1.96 bits per heavy atom. The first kappa shape index (κ1) is 16.1. The van der Waals surface area contributed by atoms with E-state index in [1.165, 1.54) is 6.92 Å². The Labute approximate surface area is 155 Å². The maximum atomic E-state index is 11.2. The molecular weight excluding hydrogens is 471 g/mol. The number of fused-ring (bicyclic) bond motifs is 1. The highest BCUT2D eigenvalue weighted by molar-refractivity contribution is 14.1. The van der Waals surface area contributed by atoms with Gasteiger partial charge in [0.2, 0.25) is 11.9 Å². The number of hydrogen-bond donors (Lipinski definition) is 2. The summed E-state index contributed by atoms with van der Waals surface area (Å²) in [6.45, 7) is 1.48. The Morgan fingerprint density at radius 1 is 1.17 bits per heavy atom. The third-order valence-electron chi connectivity index (χ3n) is 3.02. The van der Waals surface area contributed by atoms with Crippen molar-refractivity contribution in [3.8, 4) is 0 Å². The number of anilines is 3. The van der Waals surface area contributed by atoms with E-state index in [-0.39, 0.29) is 5.91 Å². The van der Waals surface area contributed by atoms with Crippen LogP contribution >= 0.6 is 38.5 Å². The van der Waals surface area contributed by atoms with Gasteiger partial charge >= 0.3 is 0 Å². The summed E-state index contributed by atoms with van der Waals surface area (Å²) in [4.78, 5) is 20.0. The lowest BCUT2D eigenvalue weighted by Gasteiger charge is -2.09. The molecule has 2 aromatic carbocycles. The van der Waals surface area contributed by atoms with Gasteiger partial charge < -0.3 is 10.6 Å². The number of benzene rings is 2. The van der Waals surface area contributed by atoms with E-state index in [2.05, 4.69) is 59.1 Å². The molecule has 1 aromatic heterocycles. The van der Waals surface area contributed by atoms with Crippen LogP contribution < -0.4 is 10.6 Å². The molecule has 1 amide bonds. The van der Waals surface area contributed by atoms with Crippen molar-refractivity contribution in [3.63, 3.8) is 0 Å². The fourth-order valence-electron chi connectivity index (χ4n) is 2.13. The summed E-state index contributed by atoms with van der Waals surface area (Å²) in [5.41, 5.74) is 2.41. The number of carbonyl (C=O) groups is 1. The SMILES string of the molecule is CC(=O)Nc1cc(I)cc(Nc2ncc3cc(Br)ccc3n2)c1. The zero-order valence-electron chi connectivity index (χ0n) is 12.1. The predicted octanol–water partition coefficient (Wildman–Crippen LogP) is 4.70. The van der Waals surface area contributed by atoms with E-state index in [0.717, 1.165) is 30.3 Å². The molecule has 0 aliphatic carbocycles. The zero-order chi connectivity index (χ0) is 16.4. The number of carbonyl (C=O) groups excluding carboxylic acids is 1. The summed E-state index contributed by atoms with van der Waals surface area (Å²) in [6.07, 6.45) is 1.78. The van der Waals surface area contributed by atoms with Gasteiger partial charge in [-0.2, -0.15) is 0 Å². The van der Waals surface area contributed by atoms with Crippen LogP contribution in [0.25, 0.3) is 10.9 Å². The number of aromatic nitrogens is 2. The molecule has 0 atom stereocenters. The molecule has 2 N–H and O–H groups in total. The molecule has 116 valence electrons. The van der Waals surface area contributed by atoms with Gasteiger partial charge in [-0.15, -0.1) is 0 Å². The first-order chi connectivity index (χ1) is 11.0. The fourth-order valence-corrected chi connectivity index (χ4v) is 3.18. The molecule has 7 heteroatoms. The summed E-state index contributed by atoms with van der Waals surface area (Å²) in [5.74, 6) is 0.404. The van der Waals surface area contributed by atoms with Crippen LogP contribution in [0.1, 0.15) is 6.92 Å². The van der Waals surface area contributed by atoms with Crippen LogP contribution in [0.5, 0.6) is 0 Å². The molecule has 0 fully saturated rings. The van der Waals surface area contributed by atoms with E-state index in [9.17, 15) is 4.79 Å².